The second-order valence-corrected chi connectivity index (χ2v) is 16.4. The van der Waals surface area contributed by atoms with Crippen molar-refractivity contribution in [1.29, 1.82) is 0 Å². The van der Waals surface area contributed by atoms with Crippen LogP contribution in [0.2, 0.25) is 0 Å². The first-order valence-corrected chi connectivity index (χ1v) is 21.4. The Morgan fingerprint density at radius 2 is 0.730 bits per heavy atom. The van der Waals surface area contributed by atoms with E-state index in [1.54, 1.807) is 0 Å². The van der Waals surface area contributed by atoms with Gasteiger partial charge in [0, 0.05) is 32.8 Å². The number of nitrogens with zero attached hydrogens (tertiary/aromatic N) is 4. The third kappa shape index (κ3) is 5.73. The minimum absolute atomic E-state index is 0.625. The molecule has 0 saturated carbocycles. The zero-order chi connectivity index (χ0) is 41.4. The van der Waals surface area contributed by atoms with Crippen molar-refractivity contribution in [3.05, 3.63) is 218 Å². The molecule has 4 nitrogen and oxygen atoms in total. The van der Waals surface area contributed by atoms with Gasteiger partial charge >= 0.3 is 0 Å². The van der Waals surface area contributed by atoms with E-state index in [1.807, 2.05) is 18.2 Å². The van der Waals surface area contributed by atoms with Gasteiger partial charge in [0.25, 0.3) is 0 Å². The topological polar surface area (TPSA) is 43.6 Å². The summed E-state index contributed by atoms with van der Waals surface area (Å²) in [5.74, 6) is 1.90. The van der Waals surface area contributed by atoms with Gasteiger partial charge in [0.15, 0.2) is 17.5 Å². The van der Waals surface area contributed by atoms with E-state index >= 15 is 0 Å². The van der Waals surface area contributed by atoms with Crippen LogP contribution in [0.1, 0.15) is 0 Å². The van der Waals surface area contributed by atoms with Crippen molar-refractivity contribution >= 4 is 75.7 Å². The predicted molar refractivity (Wildman–Crippen MR) is 263 cm³/mol. The average molecular weight is 801 g/mol. The Bertz CT molecular complexity index is 3870. The van der Waals surface area contributed by atoms with Crippen LogP contribution in [0.4, 0.5) is 0 Å². The molecule has 0 N–H and O–H groups in total. The van der Waals surface area contributed by atoms with E-state index in [1.165, 1.54) is 48.7 Å². The summed E-state index contributed by atoms with van der Waals surface area (Å²) < 4.78 is 2.48. The SMILES string of the molecule is c1ccc(-c2nc(-c3cccc4ccccc34)nc(-c3ccc(-n4c5cc6ccccc6cc5c5cc6ccccc6cc54)c4cc(-c5cccc6ccccc56)ccc34)n2)cc1. The highest BCUT2D eigenvalue weighted by atomic mass is 15.0. The van der Waals surface area contributed by atoms with Gasteiger partial charge < -0.3 is 4.57 Å². The number of fused-ring (bicyclic) bond motifs is 8. The highest BCUT2D eigenvalue weighted by molar-refractivity contribution is 6.18. The van der Waals surface area contributed by atoms with E-state index < -0.39 is 0 Å². The molecule has 0 aliphatic rings. The third-order valence-corrected chi connectivity index (χ3v) is 12.8. The largest absolute Gasteiger partial charge is 0.309 e. The fourth-order valence-corrected chi connectivity index (χ4v) is 9.77. The summed E-state index contributed by atoms with van der Waals surface area (Å²) >= 11 is 0. The summed E-state index contributed by atoms with van der Waals surface area (Å²) in [4.78, 5) is 15.8. The first-order chi connectivity index (χ1) is 31.2. The van der Waals surface area contributed by atoms with Gasteiger partial charge in [-0.25, -0.2) is 15.0 Å². The summed E-state index contributed by atoms with van der Waals surface area (Å²) in [6.45, 7) is 0. The van der Waals surface area contributed by atoms with Crippen LogP contribution in [0.25, 0.3) is 127 Å². The molecule has 292 valence electrons. The molecule has 0 aliphatic carbocycles. The van der Waals surface area contributed by atoms with E-state index in [9.17, 15) is 0 Å². The number of hydrogen-bond acceptors (Lipinski definition) is 3. The van der Waals surface area contributed by atoms with Gasteiger partial charge in [-0.3, -0.25) is 0 Å². The average Bonchev–Trinajstić information content (AvgIpc) is 3.65. The molecule has 0 unspecified atom stereocenters. The maximum Gasteiger partial charge on any atom is 0.164 e. The maximum absolute atomic E-state index is 5.35. The van der Waals surface area contributed by atoms with Gasteiger partial charge in [-0.15, -0.1) is 0 Å². The summed E-state index contributed by atoms with van der Waals surface area (Å²) in [5.41, 5.74) is 8.59. The fourth-order valence-electron chi connectivity index (χ4n) is 9.77. The first-order valence-electron chi connectivity index (χ1n) is 21.4. The van der Waals surface area contributed by atoms with Crippen molar-refractivity contribution < 1.29 is 0 Å². The summed E-state index contributed by atoms with van der Waals surface area (Å²) in [6, 6.07) is 78.4. The molecule has 0 spiro atoms. The van der Waals surface area contributed by atoms with E-state index in [0.717, 1.165) is 60.5 Å². The number of aromatic nitrogens is 4. The lowest BCUT2D eigenvalue weighted by molar-refractivity contribution is 1.08. The van der Waals surface area contributed by atoms with Gasteiger partial charge in [0.05, 0.1) is 16.7 Å². The van der Waals surface area contributed by atoms with Gasteiger partial charge in [0.2, 0.25) is 0 Å². The molecule has 4 heteroatoms. The van der Waals surface area contributed by atoms with Crippen LogP contribution in [0.5, 0.6) is 0 Å². The quantitative estimate of drug-likeness (QED) is 0.174. The fraction of sp³-hybridized carbons (Fsp3) is 0. The van der Waals surface area contributed by atoms with Gasteiger partial charge in [-0.05, 0) is 102 Å². The van der Waals surface area contributed by atoms with Crippen LogP contribution in [0.15, 0.2) is 218 Å². The Hall–Kier alpha value is -8.47. The van der Waals surface area contributed by atoms with Crippen molar-refractivity contribution in [1.82, 2.24) is 19.5 Å². The Balaban J connectivity index is 1.14. The highest BCUT2D eigenvalue weighted by Crippen LogP contribution is 2.42. The van der Waals surface area contributed by atoms with E-state index in [2.05, 4.69) is 205 Å². The minimum Gasteiger partial charge on any atom is -0.309 e. The first kappa shape index (κ1) is 35.3. The molecule has 0 radical (unpaired) electrons. The standard InChI is InChI=1S/C59H36N4/c1-2-16-39(17-3-1)57-60-58(49-27-13-23-38-15-9-11-25-46(38)49)62-59(61-57)50-30-31-54(51-34-44(28-29-48(50)51)47-26-12-22-37-14-8-10-24-45(37)47)63-55-35-42-20-6-4-18-40(42)32-52(55)53-33-41-19-5-7-21-43(41)36-56(53)63/h1-36H. The number of benzene rings is 11. The smallest absolute Gasteiger partial charge is 0.164 e. The minimum atomic E-state index is 0.625. The Morgan fingerprint density at radius 3 is 1.35 bits per heavy atom. The van der Waals surface area contributed by atoms with Crippen molar-refractivity contribution in [3.63, 3.8) is 0 Å². The van der Waals surface area contributed by atoms with Crippen molar-refractivity contribution in [2.24, 2.45) is 0 Å². The molecular formula is C59H36N4. The van der Waals surface area contributed by atoms with Gasteiger partial charge in [-0.1, -0.05) is 176 Å². The predicted octanol–water partition coefficient (Wildman–Crippen LogP) is 15.4. The Labute approximate surface area is 363 Å². The summed E-state index contributed by atoms with van der Waals surface area (Å²) in [6.07, 6.45) is 0. The lowest BCUT2D eigenvalue weighted by Gasteiger charge is -2.17. The third-order valence-electron chi connectivity index (χ3n) is 12.8. The van der Waals surface area contributed by atoms with E-state index in [-0.39, 0.29) is 0 Å². The Morgan fingerprint density at radius 1 is 0.254 bits per heavy atom. The van der Waals surface area contributed by atoms with E-state index in [4.69, 9.17) is 15.0 Å². The molecule has 0 bridgehead atoms. The summed E-state index contributed by atoms with van der Waals surface area (Å²) in [7, 11) is 0. The molecule has 0 fully saturated rings. The molecule has 13 rings (SSSR count). The van der Waals surface area contributed by atoms with Crippen LogP contribution in [-0.2, 0) is 0 Å². The van der Waals surface area contributed by atoms with Crippen LogP contribution in [-0.4, -0.2) is 19.5 Å². The molecule has 11 aromatic carbocycles. The monoisotopic (exact) mass is 800 g/mol. The highest BCUT2D eigenvalue weighted by Gasteiger charge is 2.21. The van der Waals surface area contributed by atoms with Crippen LogP contribution < -0.4 is 0 Å². The molecule has 2 heterocycles. The molecule has 0 atom stereocenters. The number of rotatable bonds is 5. The van der Waals surface area contributed by atoms with Gasteiger partial charge in [0.1, 0.15) is 0 Å². The molecule has 0 saturated heterocycles. The molecule has 13 aromatic rings. The van der Waals surface area contributed by atoms with Crippen LogP contribution in [0.3, 0.4) is 0 Å². The van der Waals surface area contributed by atoms with Crippen molar-refractivity contribution in [2.75, 3.05) is 0 Å². The lowest BCUT2D eigenvalue weighted by atomic mass is 9.94. The van der Waals surface area contributed by atoms with E-state index in [0.29, 0.717) is 17.5 Å². The van der Waals surface area contributed by atoms with Gasteiger partial charge in [-0.2, -0.15) is 0 Å². The Kier molecular flexibility index (Phi) is 7.87. The normalized spacial score (nSPS) is 11.8. The lowest BCUT2D eigenvalue weighted by Crippen LogP contribution is -2.02. The van der Waals surface area contributed by atoms with Crippen LogP contribution >= 0.6 is 0 Å². The zero-order valence-corrected chi connectivity index (χ0v) is 34.1. The molecule has 0 amide bonds. The molecule has 2 aromatic heterocycles. The number of hydrogen-bond donors (Lipinski definition) is 0. The van der Waals surface area contributed by atoms with Crippen molar-refractivity contribution in [3.8, 4) is 51.0 Å². The second kappa shape index (κ2) is 14.1. The molecular weight excluding hydrogens is 765 g/mol. The zero-order valence-electron chi connectivity index (χ0n) is 34.1. The van der Waals surface area contributed by atoms with Crippen LogP contribution in [0, 0.1) is 0 Å². The molecule has 63 heavy (non-hydrogen) atoms. The summed E-state index contributed by atoms with van der Waals surface area (Å²) in [5, 5.41) is 14.1. The van der Waals surface area contributed by atoms with Crippen molar-refractivity contribution in [2.45, 2.75) is 0 Å². The molecule has 0 aliphatic heterocycles. The maximum atomic E-state index is 5.35. The second-order valence-electron chi connectivity index (χ2n) is 16.4.